The van der Waals surface area contributed by atoms with Crippen molar-refractivity contribution in [2.75, 3.05) is 31.1 Å². The maximum atomic E-state index is 13.1. The van der Waals surface area contributed by atoms with E-state index >= 15 is 0 Å². The maximum absolute atomic E-state index is 13.1. The molecule has 180 valence electrons. The number of hydrogen-bond acceptors (Lipinski definition) is 5. The monoisotopic (exact) mass is 456 g/mol. The summed E-state index contributed by atoms with van der Waals surface area (Å²) in [5.41, 5.74) is 0.909. The van der Waals surface area contributed by atoms with Crippen LogP contribution in [0, 0.1) is 5.92 Å². The van der Waals surface area contributed by atoms with Crippen molar-refractivity contribution in [3.8, 4) is 0 Å². The fourth-order valence-corrected chi connectivity index (χ4v) is 5.35. The first-order valence-electron chi connectivity index (χ1n) is 12.4. The molecule has 3 aliphatic rings. The highest BCUT2D eigenvalue weighted by Gasteiger charge is 2.40. The second-order valence-electron chi connectivity index (χ2n) is 9.48. The standard InChI is InChI=1S/C25H36N4O4/c30-22(27-14-8-3-9-15-27)18-21-24(32)29(17-16-28(21)20-12-6-2-7-13-20)25(33)26-23(31)19-10-4-1-5-11-19/h2,6-7,12-13,19,21,24,32H,1,3-5,8-11,14-18H2,(H,26,31,33). The van der Waals surface area contributed by atoms with Gasteiger partial charge >= 0.3 is 6.03 Å². The number of carbonyl (C=O) groups excluding carboxylic acids is 3. The molecule has 1 aromatic rings. The number of nitrogens with one attached hydrogen (secondary N) is 1. The smallest absolute Gasteiger partial charge is 0.326 e. The Balaban J connectivity index is 1.47. The van der Waals surface area contributed by atoms with Gasteiger partial charge in [0, 0.05) is 37.8 Å². The summed E-state index contributed by atoms with van der Waals surface area (Å²) in [7, 11) is 0. The van der Waals surface area contributed by atoms with Gasteiger partial charge in [0.05, 0.1) is 12.5 Å². The second kappa shape index (κ2) is 11.0. The van der Waals surface area contributed by atoms with Gasteiger partial charge in [-0.3, -0.25) is 19.8 Å². The molecule has 0 spiro atoms. The van der Waals surface area contributed by atoms with Gasteiger partial charge in [-0.1, -0.05) is 37.5 Å². The highest BCUT2D eigenvalue weighted by atomic mass is 16.3. The number of urea groups is 1. The van der Waals surface area contributed by atoms with Crippen LogP contribution < -0.4 is 10.2 Å². The van der Waals surface area contributed by atoms with Crippen LogP contribution in [0.15, 0.2) is 30.3 Å². The zero-order chi connectivity index (χ0) is 23.2. The van der Waals surface area contributed by atoms with Crippen molar-refractivity contribution in [3.63, 3.8) is 0 Å². The Hall–Kier alpha value is -2.61. The van der Waals surface area contributed by atoms with Gasteiger partial charge in [-0.2, -0.15) is 0 Å². The first-order chi connectivity index (χ1) is 16.0. The SMILES string of the molecule is O=C(NC(=O)N1CCN(c2ccccc2)C(CC(=O)N2CCCCC2)C1O)C1CCCCC1. The number of para-hydroxylation sites is 1. The van der Waals surface area contributed by atoms with Crippen LogP contribution in [-0.4, -0.2) is 71.2 Å². The number of likely N-dealkylation sites (tertiary alicyclic amines) is 1. The van der Waals surface area contributed by atoms with Crippen molar-refractivity contribution in [2.45, 2.75) is 70.1 Å². The Morgan fingerprint density at radius 2 is 1.55 bits per heavy atom. The van der Waals surface area contributed by atoms with Crippen LogP contribution in [0.3, 0.4) is 0 Å². The van der Waals surface area contributed by atoms with Gasteiger partial charge in [0.15, 0.2) is 6.23 Å². The van der Waals surface area contributed by atoms with Gasteiger partial charge in [0.1, 0.15) is 0 Å². The molecule has 2 atom stereocenters. The Morgan fingerprint density at radius 1 is 0.879 bits per heavy atom. The average Bonchev–Trinajstić information content (AvgIpc) is 2.86. The molecule has 4 rings (SSSR count). The molecule has 0 radical (unpaired) electrons. The molecule has 0 aromatic heterocycles. The summed E-state index contributed by atoms with van der Waals surface area (Å²) in [4.78, 5) is 43.8. The molecule has 8 heteroatoms. The minimum atomic E-state index is -1.19. The van der Waals surface area contributed by atoms with Crippen molar-refractivity contribution in [1.29, 1.82) is 0 Å². The minimum absolute atomic E-state index is 0.000205. The van der Waals surface area contributed by atoms with E-state index in [0.717, 1.165) is 70.1 Å². The lowest BCUT2D eigenvalue weighted by Crippen LogP contribution is -2.64. The van der Waals surface area contributed by atoms with E-state index in [-0.39, 0.29) is 30.7 Å². The lowest BCUT2D eigenvalue weighted by atomic mass is 9.89. The highest BCUT2D eigenvalue weighted by Crippen LogP contribution is 2.27. The Bertz CT molecular complexity index is 821. The molecule has 2 saturated heterocycles. The molecule has 4 amide bonds. The first kappa shape index (κ1) is 23.5. The molecule has 2 N–H and O–H groups in total. The van der Waals surface area contributed by atoms with Crippen LogP contribution >= 0.6 is 0 Å². The second-order valence-corrected chi connectivity index (χ2v) is 9.48. The van der Waals surface area contributed by atoms with Crippen LogP contribution in [0.4, 0.5) is 10.5 Å². The summed E-state index contributed by atoms with van der Waals surface area (Å²) in [5, 5.41) is 13.8. The number of anilines is 1. The van der Waals surface area contributed by atoms with E-state index in [1.165, 1.54) is 4.90 Å². The lowest BCUT2D eigenvalue weighted by Gasteiger charge is -2.46. The van der Waals surface area contributed by atoms with Crippen LogP contribution in [0.5, 0.6) is 0 Å². The number of carbonyl (C=O) groups is 3. The van der Waals surface area contributed by atoms with E-state index in [1.807, 2.05) is 40.1 Å². The van der Waals surface area contributed by atoms with Crippen LogP contribution in [0.1, 0.15) is 57.8 Å². The average molecular weight is 457 g/mol. The van der Waals surface area contributed by atoms with Crippen LogP contribution in [0.25, 0.3) is 0 Å². The third-order valence-corrected chi connectivity index (χ3v) is 7.29. The number of piperidine rings is 1. The minimum Gasteiger partial charge on any atom is -0.371 e. The molecule has 33 heavy (non-hydrogen) atoms. The quantitative estimate of drug-likeness (QED) is 0.727. The first-order valence-corrected chi connectivity index (χ1v) is 12.4. The van der Waals surface area contributed by atoms with Gasteiger partial charge in [0.2, 0.25) is 11.8 Å². The molecular formula is C25H36N4O4. The third kappa shape index (κ3) is 5.66. The molecule has 2 aliphatic heterocycles. The van der Waals surface area contributed by atoms with Gasteiger partial charge < -0.3 is 14.9 Å². The van der Waals surface area contributed by atoms with E-state index in [9.17, 15) is 19.5 Å². The molecule has 1 aliphatic carbocycles. The van der Waals surface area contributed by atoms with Gasteiger partial charge in [-0.25, -0.2) is 4.79 Å². The number of imide groups is 1. The summed E-state index contributed by atoms with van der Waals surface area (Å²) in [6, 6.07) is 8.53. The lowest BCUT2D eigenvalue weighted by molar-refractivity contribution is -0.134. The van der Waals surface area contributed by atoms with Crippen LogP contribution in [-0.2, 0) is 9.59 Å². The number of benzene rings is 1. The third-order valence-electron chi connectivity index (χ3n) is 7.29. The van der Waals surface area contributed by atoms with Gasteiger partial charge in [-0.15, -0.1) is 0 Å². The molecule has 8 nitrogen and oxygen atoms in total. The molecule has 3 fully saturated rings. The normalized spacial score (nSPS) is 24.5. The van der Waals surface area contributed by atoms with E-state index in [4.69, 9.17) is 0 Å². The molecule has 2 unspecified atom stereocenters. The van der Waals surface area contributed by atoms with Gasteiger partial charge in [-0.05, 0) is 44.2 Å². The number of amides is 4. The largest absolute Gasteiger partial charge is 0.371 e. The van der Waals surface area contributed by atoms with E-state index in [2.05, 4.69) is 5.32 Å². The predicted molar refractivity (Wildman–Crippen MR) is 125 cm³/mol. The molecule has 0 bridgehead atoms. The predicted octanol–water partition coefficient (Wildman–Crippen LogP) is 2.71. The number of hydrogen-bond donors (Lipinski definition) is 2. The molecule has 1 aromatic carbocycles. The summed E-state index contributed by atoms with van der Waals surface area (Å²) >= 11 is 0. The van der Waals surface area contributed by atoms with Crippen LogP contribution in [0.2, 0.25) is 0 Å². The van der Waals surface area contributed by atoms with Crippen molar-refractivity contribution < 1.29 is 19.5 Å². The van der Waals surface area contributed by atoms with E-state index < -0.39 is 18.3 Å². The molecule has 1 saturated carbocycles. The molecule has 2 heterocycles. The fraction of sp³-hybridized carbons (Fsp3) is 0.640. The van der Waals surface area contributed by atoms with E-state index in [1.54, 1.807) is 0 Å². The number of aliphatic hydroxyl groups excluding tert-OH is 1. The van der Waals surface area contributed by atoms with Crippen molar-refractivity contribution in [3.05, 3.63) is 30.3 Å². The zero-order valence-electron chi connectivity index (χ0n) is 19.3. The summed E-state index contributed by atoms with van der Waals surface area (Å²) < 4.78 is 0. The number of piperazine rings is 1. The number of aliphatic hydroxyl groups is 1. The number of nitrogens with zero attached hydrogens (tertiary/aromatic N) is 3. The van der Waals surface area contributed by atoms with Gasteiger partial charge in [0.25, 0.3) is 0 Å². The molecular weight excluding hydrogens is 420 g/mol. The van der Waals surface area contributed by atoms with E-state index in [0.29, 0.717) is 6.54 Å². The highest BCUT2D eigenvalue weighted by molar-refractivity contribution is 5.95. The van der Waals surface area contributed by atoms with Crippen molar-refractivity contribution in [1.82, 2.24) is 15.1 Å². The Morgan fingerprint density at radius 3 is 2.24 bits per heavy atom. The van der Waals surface area contributed by atoms with Crippen molar-refractivity contribution in [2.24, 2.45) is 5.92 Å². The topological polar surface area (TPSA) is 93.2 Å². The fourth-order valence-electron chi connectivity index (χ4n) is 5.35. The Kier molecular flexibility index (Phi) is 7.85. The Labute approximate surface area is 195 Å². The summed E-state index contributed by atoms with van der Waals surface area (Å²) in [6.07, 6.45) is 6.81. The number of rotatable bonds is 4. The summed E-state index contributed by atoms with van der Waals surface area (Å²) in [6.45, 7) is 2.23. The maximum Gasteiger partial charge on any atom is 0.326 e. The summed E-state index contributed by atoms with van der Waals surface area (Å²) in [5.74, 6) is -0.388. The van der Waals surface area contributed by atoms with Crippen molar-refractivity contribution >= 4 is 23.5 Å². The zero-order valence-corrected chi connectivity index (χ0v) is 19.3.